The normalized spacial score (nSPS) is 12.2. The van der Waals surface area contributed by atoms with Crippen LogP contribution in [0, 0.1) is 5.41 Å². The Hall–Kier alpha value is -2.90. The van der Waals surface area contributed by atoms with Crippen molar-refractivity contribution in [1.29, 1.82) is 0 Å². The van der Waals surface area contributed by atoms with Crippen LogP contribution in [0.3, 0.4) is 0 Å². The van der Waals surface area contributed by atoms with Crippen LogP contribution in [0.2, 0.25) is 0 Å². The van der Waals surface area contributed by atoms with E-state index in [0.717, 1.165) is 58.8 Å². The molecule has 7 heteroatoms. The van der Waals surface area contributed by atoms with Gasteiger partial charge in [0.2, 0.25) is 0 Å². The Morgan fingerprint density at radius 3 is 2.33 bits per heavy atom. The summed E-state index contributed by atoms with van der Waals surface area (Å²) in [5.41, 5.74) is 4.47. The van der Waals surface area contributed by atoms with Gasteiger partial charge in [0.05, 0.1) is 12.1 Å². The number of ether oxygens (including phenoxy) is 1. The maximum atomic E-state index is 5.93. The van der Waals surface area contributed by atoms with E-state index in [1.807, 2.05) is 18.2 Å². The van der Waals surface area contributed by atoms with Gasteiger partial charge in [0, 0.05) is 49.7 Å². The van der Waals surface area contributed by atoms with Gasteiger partial charge in [0.1, 0.15) is 17.2 Å². The Morgan fingerprint density at radius 1 is 0.950 bits per heavy atom. The van der Waals surface area contributed by atoms with Crippen LogP contribution in [0.5, 0.6) is 0 Å². The van der Waals surface area contributed by atoms with E-state index >= 15 is 0 Å². The van der Waals surface area contributed by atoms with Gasteiger partial charge >= 0.3 is 0 Å². The number of nitrogens with zero attached hydrogens (tertiary/aromatic N) is 4. The number of hydrogen-bond donors (Lipinski definition) is 1. The summed E-state index contributed by atoms with van der Waals surface area (Å²) in [6.07, 6.45) is 2.75. The number of fused-ring (bicyclic) bond motifs is 1. The highest BCUT2D eigenvalue weighted by molar-refractivity contribution is 9.10. The van der Waals surface area contributed by atoms with Crippen molar-refractivity contribution >= 4 is 38.6 Å². The number of benzene rings is 2. The van der Waals surface area contributed by atoms with Gasteiger partial charge in [-0.2, -0.15) is 0 Å². The third-order valence-electron chi connectivity index (χ3n) is 6.90. The monoisotopic (exact) mass is 605 g/mol. The molecule has 0 aliphatic rings. The molecule has 2 heterocycles. The summed E-state index contributed by atoms with van der Waals surface area (Å²) in [5, 5.41) is 3.78. The summed E-state index contributed by atoms with van der Waals surface area (Å²) in [5.74, 6) is 2.81. The third-order valence-corrected chi connectivity index (χ3v) is 7.43. The van der Waals surface area contributed by atoms with E-state index in [1.165, 1.54) is 11.1 Å². The lowest BCUT2D eigenvalue weighted by atomic mass is 9.82. The molecule has 6 nitrogen and oxygen atoms in total. The Labute approximate surface area is 248 Å². The number of hydrogen-bond acceptors (Lipinski definition) is 5. The number of aryl methyl sites for hydroxylation is 2. The average Bonchev–Trinajstić information content (AvgIpc) is 3.20. The molecule has 4 rings (SSSR count). The van der Waals surface area contributed by atoms with Crippen LogP contribution in [-0.2, 0) is 31.4 Å². The molecule has 0 amide bonds. The number of aromatic nitrogens is 3. The molecule has 0 aliphatic carbocycles. The van der Waals surface area contributed by atoms with Crippen LogP contribution in [-0.4, -0.2) is 33.7 Å². The largest absolute Gasteiger partial charge is 0.377 e. The van der Waals surface area contributed by atoms with E-state index in [2.05, 4.69) is 122 Å². The molecule has 4 aromatic rings. The van der Waals surface area contributed by atoms with Gasteiger partial charge in [0.25, 0.3) is 0 Å². The van der Waals surface area contributed by atoms with E-state index < -0.39 is 0 Å². The minimum atomic E-state index is -0.149. The lowest BCUT2D eigenvalue weighted by Crippen LogP contribution is -2.36. The Bertz CT molecular complexity index is 1390. The maximum absolute atomic E-state index is 5.93. The van der Waals surface area contributed by atoms with Crippen molar-refractivity contribution in [3.8, 4) is 0 Å². The van der Waals surface area contributed by atoms with E-state index in [4.69, 9.17) is 14.7 Å². The molecule has 0 radical (unpaired) electrons. The minimum Gasteiger partial charge on any atom is -0.377 e. The van der Waals surface area contributed by atoms with Gasteiger partial charge in [-0.05, 0) is 55.4 Å². The Balaban J connectivity index is 1.57. The first-order chi connectivity index (χ1) is 18.9. The van der Waals surface area contributed by atoms with Crippen LogP contribution in [0.25, 0.3) is 11.0 Å². The molecule has 0 saturated heterocycles. The molecule has 0 saturated carbocycles. The second-order valence-corrected chi connectivity index (χ2v) is 13.6. The molecular formula is C33H44BrN5O. The first-order valence-electron chi connectivity index (χ1n) is 14.1. The van der Waals surface area contributed by atoms with Gasteiger partial charge in [0.15, 0.2) is 5.82 Å². The molecule has 0 fully saturated rings. The zero-order chi connectivity index (χ0) is 28.9. The highest BCUT2D eigenvalue weighted by atomic mass is 79.9. The number of pyridine rings is 1. The summed E-state index contributed by atoms with van der Waals surface area (Å²) in [7, 11) is 4.21. The zero-order valence-electron chi connectivity index (χ0n) is 25.1. The number of anilines is 2. The van der Waals surface area contributed by atoms with Gasteiger partial charge in [-0.25, -0.2) is 9.97 Å². The topological polar surface area (TPSA) is 55.2 Å². The zero-order valence-corrected chi connectivity index (χ0v) is 26.7. The first kappa shape index (κ1) is 30.1. The lowest BCUT2D eigenvalue weighted by molar-refractivity contribution is 0.118. The molecule has 0 atom stereocenters. The van der Waals surface area contributed by atoms with Crippen molar-refractivity contribution in [3.63, 3.8) is 0 Å². The molecule has 40 heavy (non-hydrogen) atoms. The number of nitrogens with one attached hydrogen (secondary N) is 1. The standard InChI is InChI=1S/C33H44BrN5O/c1-32(2,3)23-33(4,5)37-31-30-27(20-29(36-31)38(6)21-24-15-17-26(34)18-16-24)39(7)28(35-30)14-11-19-40-22-25-12-9-8-10-13-25/h8-10,12-13,15-18,20H,11,14,19,21-23H2,1-7H3,(H,36,37). The fourth-order valence-electron chi connectivity index (χ4n) is 5.46. The van der Waals surface area contributed by atoms with Crippen molar-refractivity contribution < 1.29 is 4.74 Å². The van der Waals surface area contributed by atoms with E-state index in [1.54, 1.807) is 0 Å². The van der Waals surface area contributed by atoms with Gasteiger partial charge < -0.3 is 19.5 Å². The summed E-state index contributed by atoms with van der Waals surface area (Å²) in [6.45, 7) is 13.4. The Morgan fingerprint density at radius 2 is 1.65 bits per heavy atom. The van der Waals surface area contributed by atoms with Gasteiger partial charge in [-0.1, -0.05) is 79.2 Å². The van der Waals surface area contributed by atoms with Crippen LogP contribution in [0.1, 0.15) is 64.4 Å². The van der Waals surface area contributed by atoms with Crippen LogP contribution >= 0.6 is 15.9 Å². The summed E-state index contributed by atoms with van der Waals surface area (Å²) in [6, 6.07) is 20.9. The Kier molecular flexibility index (Phi) is 9.57. The predicted molar refractivity (Wildman–Crippen MR) is 171 cm³/mol. The lowest BCUT2D eigenvalue weighted by Gasteiger charge is -2.34. The first-order valence-corrected chi connectivity index (χ1v) is 14.9. The van der Waals surface area contributed by atoms with Crippen molar-refractivity contribution in [1.82, 2.24) is 14.5 Å². The molecule has 1 N–H and O–H groups in total. The highest BCUT2D eigenvalue weighted by Crippen LogP contribution is 2.33. The average molecular weight is 607 g/mol. The van der Waals surface area contributed by atoms with Crippen molar-refractivity contribution in [3.05, 3.63) is 82.1 Å². The molecular weight excluding hydrogens is 562 g/mol. The second kappa shape index (κ2) is 12.7. The summed E-state index contributed by atoms with van der Waals surface area (Å²) in [4.78, 5) is 12.4. The SMILES string of the molecule is CN(Cc1ccc(Br)cc1)c1cc2c(nc(CCCOCc3ccccc3)n2C)c(NC(C)(C)CC(C)(C)C)n1. The van der Waals surface area contributed by atoms with Crippen molar-refractivity contribution in [2.24, 2.45) is 12.5 Å². The predicted octanol–water partition coefficient (Wildman–Crippen LogP) is 8.14. The quantitative estimate of drug-likeness (QED) is 0.165. The molecule has 0 bridgehead atoms. The van der Waals surface area contributed by atoms with Crippen molar-refractivity contribution in [2.75, 3.05) is 23.9 Å². The molecule has 0 unspecified atom stereocenters. The molecule has 0 spiro atoms. The number of rotatable bonds is 12. The van der Waals surface area contributed by atoms with Crippen LogP contribution < -0.4 is 10.2 Å². The maximum Gasteiger partial charge on any atom is 0.157 e. The van der Waals surface area contributed by atoms with Crippen LogP contribution in [0.15, 0.2) is 65.1 Å². The smallest absolute Gasteiger partial charge is 0.157 e. The minimum absolute atomic E-state index is 0.149. The second-order valence-electron chi connectivity index (χ2n) is 12.7. The third kappa shape index (κ3) is 8.31. The summed E-state index contributed by atoms with van der Waals surface area (Å²) < 4.78 is 9.23. The molecule has 2 aromatic carbocycles. The van der Waals surface area contributed by atoms with Crippen LogP contribution in [0.4, 0.5) is 11.6 Å². The molecule has 2 aromatic heterocycles. The van der Waals surface area contributed by atoms with Crippen molar-refractivity contribution in [2.45, 2.75) is 72.6 Å². The molecule has 214 valence electrons. The van der Waals surface area contributed by atoms with E-state index in [-0.39, 0.29) is 11.0 Å². The fraction of sp³-hybridized carbons (Fsp3) is 0.455. The number of halogens is 1. The van der Waals surface area contributed by atoms with Gasteiger partial charge in [-0.3, -0.25) is 0 Å². The fourth-order valence-corrected chi connectivity index (χ4v) is 5.72. The summed E-state index contributed by atoms with van der Waals surface area (Å²) >= 11 is 3.54. The van der Waals surface area contributed by atoms with E-state index in [0.29, 0.717) is 13.2 Å². The number of imidazole rings is 1. The highest BCUT2D eigenvalue weighted by Gasteiger charge is 2.27. The van der Waals surface area contributed by atoms with E-state index in [9.17, 15) is 0 Å². The molecule has 0 aliphatic heterocycles. The van der Waals surface area contributed by atoms with Gasteiger partial charge in [-0.15, -0.1) is 0 Å².